The minimum atomic E-state index is -0.102. The zero-order valence-corrected chi connectivity index (χ0v) is 12.8. The van der Waals surface area contributed by atoms with Gasteiger partial charge in [0.15, 0.2) is 0 Å². The molecule has 1 aromatic carbocycles. The highest BCUT2D eigenvalue weighted by molar-refractivity contribution is 5.84. The number of aryl methyl sites for hydroxylation is 1. The Bertz CT molecular complexity index is 511. The number of hydrogen-bond acceptors (Lipinski definition) is 3. The summed E-state index contributed by atoms with van der Waals surface area (Å²) in [6.07, 6.45) is 2.12. The van der Waals surface area contributed by atoms with Gasteiger partial charge in [0.1, 0.15) is 6.17 Å². The molecule has 3 rings (SSSR count). The Hall–Kier alpha value is -1.39. The summed E-state index contributed by atoms with van der Waals surface area (Å²) in [5.41, 5.74) is 2.41. The standard InChI is InChI=1S/C17H24N2O2/c1-12-4-3-5-15(10-12)16-18-13(2)17(20)19(16)11-14-6-8-21-9-7-14/h3-5,10,13-14,16,18H,6-9,11H2,1-2H3. The van der Waals surface area contributed by atoms with Crippen molar-refractivity contribution in [2.45, 2.75) is 38.9 Å². The van der Waals surface area contributed by atoms with E-state index in [4.69, 9.17) is 4.74 Å². The lowest BCUT2D eigenvalue weighted by Crippen LogP contribution is -2.36. The van der Waals surface area contributed by atoms with Crippen LogP contribution < -0.4 is 5.32 Å². The van der Waals surface area contributed by atoms with E-state index < -0.39 is 0 Å². The average Bonchev–Trinajstić information content (AvgIpc) is 2.77. The van der Waals surface area contributed by atoms with Crippen LogP contribution in [0, 0.1) is 12.8 Å². The molecule has 2 saturated heterocycles. The number of amides is 1. The van der Waals surface area contributed by atoms with Crippen LogP contribution in [0.5, 0.6) is 0 Å². The maximum Gasteiger partial charge on any atom is 0.241 e. The van der Waals surface area contributed by atoms with Crippen molar-refractivity contribution in [1.29, 1.82) is 0 Å². The summed E-state index contributed by atoms with van der Waals surface area (Å²) in [5.74, 6) is 0.773. The van der Waals surface area contributed by atoms with Gasteiger partial charge < -0.3 is 9.64 Å². The minimum absolute atomic E-state index is 0.00949. The number of carbonyl (C=O) groups excluding carboxylic acids is 1. The number of nitrogens with one attached hydrogen (secondary N) is 1. The molecule has 21 heavy (non-hydrogen) atoms. The van der Waals surface area contributed by atoms with Gasteiger partial charge in [0.25, 0.3) is 0 Å². The highest BCUT2D eigenvalue weighted by atomic mass is 16.5. The fraction of sp³-hybridized carbons (Fsp3) is 0.588. The molecule has 0 saturated carbocycles. The Morgan fingerprint density at radius 1 is 1.33 bits per heavy atom. The van der Waals surface area contributed by atoms with Crippen LogP contribution in [-0.2, 0) is 9.53 Å². The molecule has 2 unspecified atom stereocenters. The van der Waals surface area contributed by atoms with Gasteiger partial charge in [-0.15, -0.1) is 0 Å². The van der Waals surface area contributed by atoms with E-state index in [1.807, 2.05) is 11.8 Å². The molecule has 2 aliphatic heterocycles. The Balaban J connectivity index is 1.78. The van der Waals surface area contributed by atoms with Crippen molar-refractivity contribution in [3.63, 3.8) is 0 Å². The highest BCUT2D eigenvalue weighted by Crippen LogP contribution is 2.28. The van der Waals surface area contributed by atoms with E-state index >= 15 is 0 Å². The van der Waals surface area contributed by atoms with Gasteiger partial charge in [0, 0.05) is 19.8 Å². The van der Waals surface area contributed by atoms with Crippen LogP contribution in [0.4, 0.5) is 0 Å². The van der Waals surface area contributed by atoms with Gasteiger partial charge >= 0.3 is 0 Å². The van der Waals surface area contributed by atoms with Crippen molar-refractivity contribution in [1.82, 2.24) is 10.2 Å². The number of carbonyl (C=O) groups is 1. The maximum atomic E-state index is 12.5. The molecular weight excluding hydrogens is 264 g/mol. The molecule has 4 nitrogen and oxygen atoms in total. The lowest BCUT2D eigenvalue weighted by molar-refractivity contribution is -0.130. The molecule has 0 bridgehead atoms. The number of benzene rings is 1. The van der Waals surface area contributed by atoms with Crippen LogP contribution in [0.3, 0.4) is 0 Å². The van der Waals surface area contributed by atoms with Gasteiger partial charge in [-0.2, -0.15) is 0 Å². The van der Waals surface area contributed by atoms with Gasteiger partial charge in [0.05, 0.1) is 6.04 Å². The molecule has 1 aromatic rings. The number of ether oxygens (including phenoxy) is 1. The Labute approximate surface area is 126 Å². The fourth-order valence-electron chi connectivity index (χ4n) is 3.29. The van der Waals surface area contributed by atoms with Crippen molar-refractivity contribution in [3.8, 4) is 0 Å². The van der Waals surface area contributed by atoms with Crippen LogP contribution in [0.1, 0.15) is 37.1 Å². The number of rotatable bonds is 3. The quantitative estimate of drug-likeness (QED) is 0.927. The number of hydrogen-bond donors (Lipinski definition) is 1. The fourth-order valence-corrected chi connectivity index (χ4v) is 3.29. The Morgan fingerprint density at radius 3 is 2.81 bits per heavy atom. The smallest absolute Gasteiger partial charge is 0.241 e. The van der Waals surface area contributed by atoms with E-state index in [9.17, 15) is 4.79 Å². The van der Waals surface area contributed by atoms with Crippen molar-refractivity contribution >= 4 is 5.91 Å². The molecule has 114 valence electrons. The first-order chi connectivity index (χ1) is 10.1. The molecule has 2 heterocycles. The molecule has 0 aliphatic carbocycles. The first-order valence-electron chi connectivity index (χ1n) is 7.86. The minimum Gasteiger partial charge on any atom is -0.381 e. The lowest BCUT2D eigenvalue weighted by Gasteiger charge is -2.31. The molecular formula is C17H24N2O2. The summed E-state index contributed by atoms with van der Waals surface area (Å²) in [4.78, 5) is 14.5. The van der Waals surface area contributed by atoms with Crippen molar-refractivity contribution in [2.75, 3.05) is 19.8 Å². The topological polar surface area (TPSA) is 41.6 Å². The average molecular weight is 288 g/mol. The van der Waals surface area contributed by atoms with Crippen molar-refractivity contribution < 1.29 is 9.53 Å². The van der Waals surface area contributed by atoms with Crippen molar-refractivity contribution in [3.05, 3.63) is 35.4 Å². The van der Waals surface area contributed by atoms with E-state index in [1.165, 1.54) is 11.1 Å². The van der Waals surface area contributed by atoms with E-state index in [2.05, 4.69) is 36.5 Å². The Kier molecular flexibility index (Phi) is 4.27. The van der Waals surface area contributed by atoms with E-state index in [-0.39, 0.29) is 18.1 Å². The second-order valence-corrected chi connectivity index (χ2v) is 6.25. The summed E-state index contributed by atoms with van der Waals surface area (Å²) in [6.45, 7) is 6.52. The van der Waals surface area contributed by atoms with Crippen molar-refractivity contribution in [2.24, 2.45) is 5.92 Å². The normalized spacial score (nSPS) is 27.3. The molecule has 1 amide bonds. The molecule has 0 radical (unpaired) electrons. The lowest BCUT2D eigenvalue weighted by atomic mass is 9.99. The third-order valence-corrected chi connectivity index (χ3v) is 4.53. The van der Waals surface area contributed by atoms with E-state index in [0.29, 0.717) is 5.92 Å². The summed E-state index contributed by atoms with van der Waals surface area (Å²) in [7, 11) is 0. The summed E-state index contributed by atoms with van der Waals surface area (Å²) < 4.78 is 5.42. The van der Waals surface area contributed by atoms with Crippen LogP contribution in [-0.4, -0.2) is 36.6 Å². The second-order valence-electron chi connectivity index (χ2n) is 6.25. The third kappa shape index (κ3) is 3.11. The second kappa shape index (κ2) is 6.16. The highest BCUT2D eigenvalue weighted by Gasteiger charge is 2.38. The first-order valence-corrected chi connectivity index (χ1v) is 7.86. The van der Waals surface area contributed by atoms with Crippen LogP contribution in [0.2, 0.25) is 0 Å². The van der Waals surface area contributed by atoms with Gasteiger partial charge in [0.2, 0.25) is 5.91 Å². The van der Waals surface area contributed by atoms with Gasteiger partial charge in [-0.25, -0.2) is 0 Å². The summed E-state index contributed by atoms with van der Waals surface area (Å²) in [5, 5.41) is 3.43. The zero-order chi connectivity index (χ0) is 14.8. The van der Waals surface area contributed by atoms with Gasteiger partial charge in [-0.1, -0.05) is 29.8 Å². The Morgan fingerprint density at radius 2 is 2.10 bits per heavy atom. The monoisotopic (exact) mass is 288 g/mol. The van der Waals surface area contributed by atoms with Crippen LogP contribution in [0.25, 0.3) is 0 Å². The number of nitrogens with zero attached hydrogens (tertiary/aromatic N) is 1. The molecule has 2 aliphatic rings. The largest absolute Gasteiger partial charge is 0.381 e. The molecule has 4 heteroatoms. The van der Waals surface area contributed by atoms with E-state index in [1.54, 1.807) is 0 Å². The first kappa shape index (κ1) is 14.5. The van der Waals surface area contributed by atoms with Gasteiger partial charge in [-0.05, 0) is 38.2 Å². The zero-order valence-electron chi connectivity index (χ0n) is 12.8. The van der Waals surface area contributed by atoms with E-state index in [0.717, 1.165) is 32.6 Å². The summed E-state index contributed by atoms with van der Waals surface area (Å²) >= 11 is 0. The molecule has 0 aromatic heterocycles. The summed E-state index contributed by atoms with van der Waals surface area (Å²) in [6, 6.07) is 8.32. The van der Waals surface area contributed by atoms with Gasteiger partial charge in [-0.3, -0.25) is 10.1 Å². The molecule has 2 atom stereocenters. The predicted octanol–water partition coefficient (Wildman–Crippen LogP) is 2.24. The molecule has 2 fully saturated rings. The molecule has 0 spiro atoms. The third-order valence-electron chi connectivity index (χ3n) is 4.53. The molecule has 1 N–H and O–H groups in total. The SMILES string of the molecule is Cc1cccc(C2NC(C)C(=O)N2CC2CCOCC2)c1. The predicted molar refractivity (Wildman–Crippen MR) is 81.8 cm³/mol. The van der Waals surface area contributed by atoms with Crippen LogP contribution >= 0.6 is 0 Å². The van der Waals surface area contributed by atoms with Crippen LogP contribution in [0.15, 0.2) is 24.3 Å². The maximum absolute atomic E-state index is 12.5.